The number of aryl methyl sites for hydroxylation is 1. The first-order chi connectivity index (χ1) is 9.36. The van der Waals surface area contributed by atoms with Crippen molar-refractivity contribution in [2.24, 2.45) is 7.05 Å². The Morgan fingerprint density at radius 2 is 1.95 bits per heavy atom. The van der Waals surface area contributed by atoms with Crippen LogP contribution in [-0.4, -0.2) is 19.6 Å². The summed E-state index contributed by atoms with van der Waals surface area (Å²) in [6.45, 7) is 0. The van der Waals surface area contributed by atoms with Gasteiger partial charge in [-0.2, -0.15) is 23.4 Å². The first-order valence-electron chi connectivity index (χ1n) is 5.62. The van der Waals surface area contributed by atoms with Crippen molar-refractivity contribution in [3.63, 3.8) is 0 Å². The monoisotopic (exact) mass is 344 g/mol. The summed E-state index contributed by atoms with van der Waals surface area (Å²) in [6, 6.07) is 6.40. The van der Waals surface area contributed by atoms with Crippen LogP contribution in [0, 0.1) is 0 Å². The Labute approximate surface area is 119 Å². The number of fused-ring (bicyclic) bond motifs is 1. The molecule has 0 amide bonds. The minimum absolute atomic E-state index is 0.128. The van der Waals surface area contributed by atoms with Gasteiger partial charge < -0.3 is 0 Å². The Balaban J connectivity index is 2.14. The van der Waals surface area contributed by atoms with Crippen LogP contribution in [0.4, 0.5) is 13.2 Å². The highest BCUT2D eigenvalue weighted by molar-refractivity contribution is 9.10. The molecule has 3 aromatic rings. The van der Waals surface area contributed by atoms with E-state index in [1.807, 2.05) is 12.1 Å². The number of aromatic nitrogens is 4. The molecule has 104 valence electrons. The zero-order chi connectivity index (χ0) is 14.5. The summed E-state index contributed by atoms with van der Waals surface area (Å²) < 4.78 is 41.2. The van der Waals surface area contributed by atoms with E-state index >= 15 is 0 Å². The van der Waals surface area contributed by atoms with Crippen molar-refractivity contribution in [3.8, 4) is 5.82 Å². The second-order valence-corrected chi connectivity index (χ2v) is 5.11. The molecule has 1 aromatic carbocycles. The third-order valence-corrected chi connectivity index (χ3v) is 3.58. The normalized spacial score (nSPS) is 12.2. The fourth-order valence-electron chi connectivity index (χ4n) is 1.95. The molecule has 0 aliphatic heterocycles. The van der Waals surface area contributed by atoms with E-state index in [1.54, 1.807) is 12.3 Å². The van der Waals surface area contributed by atoms with Crippen LogP contribution in [0.15, 0.2) is 34.9 Å². The molecular weight excluding hydrogens is 337 g/mol. The molecule has 4 nitrogen and oxygen atoms in total. The number of nitrogens with zero attached hydrogens (tertiary/aromatic N) is 4. The van der Waals surface area contributed by atoms with Crippen LogP contribution in [0.5, 0.6) is 0 Å². The van der Waals surface area contributed by atoms with E-state index in [0.717, 1.165) is 20.6 Å². The Morgan fingerprint density at radius 1 is 1.20 bits per heavy atom. The fraction of sp³-hybridized carbons (Fsp3) is 0.167. The second kappa shape index (κ2) is 4.34. The van der Waals surface area contributed by atoms with E-state index in [1.165, 1.54) is 11.7 Å². The molecule has 20 heavy (non-hydrogen) atoms. The molecule has 0 aliphatic rings. The van der Waals surface area contributed by atoms with Crippen molar-refractivity contribution < 1.29 is 13.2 Å². The van der Waals surface area contributed by atoms with Crippen LogP contribution < -0.4 is 0 Å². The highest BCUT2D eigenvalue weighted by Gasteiger charge is 2.35. The number of hydrogen-bond donors (Lipinski definition) is 0. The van der Waals surface area contributed by atoms with Crippen molar-refractivity contribution in [2.75, 3.05) is 0 Å². The van der Waals surface area contributed by atoms with Crippen LogP contribution in [0.2, 0.25) is 0 Å². The number of alkyl halides is 3. The summed E-state index contributed by atoms with van der Waals surface area (Å²) in [7, 11) is 1.26. The lowest BCUT2D eigenvalue weighted by Gasteiger charge is -2.04. The maximum absolute atomic E-state index is 12.7. The minimum Gasteiger partial charge on any atom is -0.261 e. The van der Waals surface area contributed by atoms with Crippen LogP contribution in [-0.2, 0) is 13.2 Å². The Bertz CT molecular complexity index is 788. The highest BCUT2D eigenvalue weighted by Crippen LogP contribution is 2.30. The van der Waals surface area contributed by atoms with Crippen LogP contribution in [0.25, 0.3) is 16.7 Å². The van der Waals surface area contributed by atoms with Gasteiger partial charge in [0.25, 0.3) is 0 Å². The minimum atomic E-state index is -4.44. The first-order valence-corrected chi connectivity index (χ1v) is 6.41. The largest absolute Gasteiger partial charge is 0.433 e. The van der Waals surface area contributed by atoms with Crippen LogP contribution in [0.3, 0.4) is 0 Å². The molecule has 0 aliphatic carbocycles. The van der Waals surface area contributed by atoms with Gasteiger partial charge in [-0.1, -0.05) is 22.0 Å². The predicted molar refractivity (Wildman–Crippen MR) is 70.5 cm³/mol. The molecule has 0 unspecified atom stereocenters. The number of rotatable bonds is 1. The van der Waals surface area contributed by atoms with E-state index in [0.29, 0.717) is 5.52 Å². The smallest absolute Gasteiger partial charge is 0.261 e. The van der Waals surface area contributed by atoms with Gasteiger partial charge in [-0.05, 0) is 12.1 Å². The molecule has 0 atom stereocenters. The van der Waals surface area contributed by atoms with Gasteiger partial charge in [0, 0.05) is 29.2 Å². The van der Waals surface area contributed by atoms with Crippen LogP contribution >= 0.6 is 15.9 Å². The van der Waals surface area contributed by atoms with Gasteiger partial charge in [0.1, 0.15) is 5.69 Å². The standard InChI is InChI=1S/C12H8BrF3N4/c1-19-10(12(14,15)16)5-11(18-19)20-6-7-8(13)3-2-4-9(7)17-20/h2-6H,1H3. The van der Waals surface area contributed by atoms with Crippen molar-refractivity contribution in [2.45, 2.75) is 6.18 Å². The summed E-state index contributed by atoms with van der Waals surface area (Å²) in [5, 5.41) is 8.89. The lowest BCUT2D eigenvalue weighted by Crippen LogP contribution is -2.11. The molecule has 0 bridgehead atoms. The molecule has 0 saturated heterocycles. The van der Waals surface area contributed by atoms with Crippen LogP contribution in [0.1, 0.15) is 5.69 Å². The lowest BCUT2D eigenvalue weighted by atomic mass is 10.3. The van der Waals surface area contributed by atoms with Gasteiger partial charge in [-0.3, -0.25) is 4.68 Å². The van der Waals surface area contributed by atoms with Gasteiger partial charge in [0.2, 0.25) is 0 Å². The Hall–Kier alpha value is -1.83. The van der Waals surface area contributed by atoms with E-state index in [-0.39, 0.29) is 5.82 Å². The summed E-state index contributed by atoms with van der Waals surface area (Å²) in [5.74, 6) is 0.128. The summed E-state index contributed by atoms with van der Waals surface area (Å²) >= 11 is 3.38. The van der Waals surface area contributed by atoms with Crippen molar-refractivity contribution in [1.82, 2.24) is 19.6 Å². The second-order valence-electron chi connectivity index (χ2n) is 4.26. The molecule has 2 heterocycles. The molecule has 0 saturated carbocycles. The highest BCUT2D eigenvalue weighted by atomic mass is 79.9. The van der Waals surface area contributed by atoms with Gasteiger partial charge in [0.15, 0.2) is 5.82 Å². The molecule has 2 aromatic heterocycles. The average Bonchev–Trinajstić information content (AvgIpc) is 2.92. The summed E-state index contributed by atoms with van der Waals surface area (Å²) in [6.07, 6.45) is -2.80. The van der Waals surface area contributed by atoms with Crippen molar-refractivity contribution in [1.29, 1.82) is 0 Å². The molecule has 0 N–H and O–H groups in total. The van der Waals surface area contributed by atoms with Gasteiger partial charge in [-0.15, -0.1) is 0 Å². The molecule has 0 fully saturated rings. The maximum Gasteiger partial charge on any atom is 0.433 e. The first kappa shape index (κ1) is 13.2. The van der Waals surface area contributed by atoms with Gasteiger partial charge >= 0.3 is 6.18 Å². The molecule has 3 rings (SSSR count). The van der Waals surface area contributed by atoms with E-state index in [4.69, 9.17) is 0 Å². The van der Waals surface area contributed by atoms with E-state index in [2.05, 4.69) is 26.1 Å². The molecule has 0 spiro atoms. The summed E-state index contributed by atoms with van der Waals surface area (Å²) in [5.41, 5.74) is -0.135. The SMILES string of the molecule is Cn1nc(-n2cc3c(Br)cccc3n2)cc1C(F)(F)F. The van der Waals surface area contributed by atoms with Gasteiger partial charge in [0.05, 0.1) is 5.52 Å². The number of hydrogen-bond acceptors (Lipinski definition) is 2. The van der Waals surface area contributed by atoms with Gasteiger partial charge in [-0.25, -0.2) is 4.68 Å². The zero-order valence-electron chi connectivity index (χ0n) is 10.2. The average molecular weight is 345 g/mol. The number of halogens is 4. The fourth-order valence-corrected chi connectivity index (χ4v) is 2.41. The molecule has 0 radical (unpaired) electrons. The number of benzene rings is 1. The third kappa shape index (κ3) is 2.09. The van der Waals surface area contributed by atoms with Crippen molar-refractivity contribution in [3.05, 3.63) is 40.6 Å². The van der Waals surface area contributed by atoms with E-state index < -0.39 is 11.9 Å². The Kier molecular flexibility index (Phi) is 2.86. The van der Waals surface area contributed by atoms with Crippen molar-refractivity contribution >= 4 is 26.8 Å². The van der Waals surface area contributed by atoms with E-state index in [9.17, 15) is 13.2 Å². The topological polar surface area (TPSA) is 35.6 Å². The third-order valence-electron chi connectivity index (χ3n) is 2.89. The molecular formula is C12H8BrF3N4. The predicted octanol–water partition coefficient (Wildman–Crippen LogP) is 3.54. The Morgan fingerprint density at radius 3 is 2.55 bits per heavy atom. The lowest BCUT2D eigenvalue weighted by molar-refractivity contribution is -0.143. The molecule has 8 heteroatoms. The maximum atomic E-state index is 12.7. The zero-order valence-corrected chi connectivity index (χ0v) is 11.8. The summed E-state index contributed by atoms with van der Waals surface area (Å²) in [4.78, 5) is 0. The quantitative estimate of drug-likeness (QED) is 0.676.